The van der Waals surface area contributed by atoms with E-state index in [9.17, 15) is 9.18 Å². The second-order valence-corrected chi connectivity index (χ2v) is 3.92. The molecule has 0 saturated carbocycles. The molecule has 0 N–H and O–H groups in total. The molecular weight excluding hydrogens is 209 g/mol. The summed E-state index contributed by atoms with van der Waals surface area (Å²) in [6.45, 7) is 1.35. The van der Waals surface area contributed by atoms with Gasteiger partial charge in [0.25, 0.3) is 0 Å². The highest BCUT2D eigenvalue weighted by Gasteiger charge is 2.23. The summed E-state index contributed by atoms with van der Waals surface area (Å²) in [7, 11) is 1.86. The van der Waals surface area contributed by atoms with E-state index in [2.05, 4.69) is 0 Å². The summed E-state index contributed by atoms with van der Waals surface area (Å²) < 4.78 is 18.7. The van der Waals surface area contributed by atoms with Gasteiger partial charge in [-0.05, 0) is 18.6 Å². The highest BCUT2D eigenvalue weighted by atomic mass is 19.1. The van der Waals surface area contributed by atoms with Crippen LogP contribution in [0.5, 0.6) is 0 Å². The molecule has 86 valence electrons. The van der Waals surface area contributed by atoms with Crippen LogP contribution in [-0.2, 0) is 4.74 Å². The summed E-state index contributed by atoms with van der Waals surface area (Å²) in [6.07, 6.45) is 1.47. The lowest BCUT2D eigenvalue weighted by atomic mass is 10.1. The van der Waals surface area contributed by atoms with Gasteiger partial charge in [0, 0.05) is 13.7 Å². The van der Waals surface area contributed by atoms with Crippen molar-refractivity contribution in [3.05, 3.63) is 29.6 Å². The van der Waals surface area contributed by atoms with Gasteiger partial charge in [0.1, 0.15) is 5.82 Å². The first-order valence-corrected chi connectivity index (χ1v) is 5.28. The van der Waals surface area contributed by atoms with Gasteiger partial charge in [-0.2, -0.15) is 0 Å². The van der Waals surface area contributed by atoms with E-state index in [1.165, 1.54) is 6.07 Å². The van der Waals surface area contributed by atoms with Gasteiger partial charge in [-0.25, -0.2) is 4.39 Å². The molecule has 1 unspecified atom stereocenters. The van der Waals surface area contributed by atoms with Crippen LogP contribution in [0.4, 0.5) is 10.1 Å². The Bertz CT molecular complexity index is 389. The molecule has 1 aliphatic rings. The Labute approximate surface area is 93.8 Å². The van der Waals surface area contributed by atoms with Crippen LogP contribution in [0.15, 0.2) is 18.2 Å². The summed E-state index contributed by atoms with van der Waals surface area (Å²) in [5, 5.41) is 0. The van der Waals surface area contributed by atoms with Crippen LogP contribution in [0.1, 0.15) is 16.8 Å². The van der Waals surface area contributed by atoms with E-state index in [1.807, 2.05) is 11.9 Å². The Hall–Kier alpha value is -1.42. The van der Waals surface area contributed by atoms with Crippen LogP contribution in [0.2, 0.25) is 0 Å². The highest BCUT2D eigenvalue weighted by Crippen LogP contribution is 2.24. The Morgan fingerprint density at radius 1 is 1.56 bits per heavy atom. The number of carbonyl (C=O) groups excluding carboxylic acids is 1. The molecule has 2 rings (SSSR count). The van der Waals surface area contributed by atoms with E-state index in [0.29, 0.717) is 18.6 Å². The maximum absolute atomic E-state index is 13.4. The largest absolute Gasteiger partial charge is 0.379 e. The highest BCUT2D eigenvalue weighted by molar-refractivity contribution is 5.85. The fourth-order valence-electron chi connectivity index (χ4n) is 1.97. The number of halogens is 1. The number of hydrogen-bond donors (Lipinski definition) is 0. The summed E-state index contributed by atoms with van der Waals surface area (Å²) in [6, 6.07) is 4.89. The van der Waals surface area contributed by atoms with E-state index >= 15 is 0 Å². The summed E-state index contributed by atoms with van der Waals surface area (Å²) >= 11 is 0. The van der Waals surface area contributed by atoms with Crippen LogP contribution >= 0.6 is 0 Å². The van der Waals surface area contributed by atoms with Gasteiger partial charge in [0.15, 0.2) is 6.29 Å². The second-order valence-electron chi connectivity index (χ2n) is 3.92. The van der Waals surface area contributed by atoms with Crippen molar-refractivity contribution in [3.63, 3.8) is 0 Å². The van der Waals surface area contributed by atoms with Crippen LogP contribution < -0.4 is 4.90 Å². The zero-order valence-corrected chi connectivity index (χ0v) is 9.15. The van der Waals surface area contributed by atoms with Crippen molar-refractivity contribution in [1.82, 2.24) is 0 Å². The number of rotatable bonds is 3. The third-order valence-corrected chi connectivity index (χ3v) is 2.98. The molecule has 0 aliphatic carbocycles. The minimum atomic E-state index is -0.474. The minimum absolute atomic E-state index is 0.122. The van der Waals surface area contributed by atoms with Gasteiger partial charge < -0.3 is 9.64 Å². The number of nitrogens with zero attached hydrogens (tertiary/aromatic N) is 1. The predicted molar refractivity (Wildman–Crippen MR) is 59.4 cm³/mol. The average Bonchev–Trinajstić information content (AvgIpc) is 2.81. The number of benzene rings is 1. The molecule has 0 bridgehead atoms. The minimum Gasteiger partial charge on any atom is -0.379 e. The number of carbonyl (C=O) groups is 1. The molecular formula is C12H14FNO2. The van der Waals surface area contributed by atoms with Crippen molar-refractivity contribution in [2.45, 2.75) is 12.5 Å². The number of anilines is 1. The first-order chi connectivity index (χ1) is 7.74. The quantitative estimate of drug-likeness (QED) is 0.732. The van der Waals surface area contributed by atoms with Crippen molar-refractivity contribution in [2.75, 3.05) is 25.2 Å². The fourth-order valence-corrected chi connectivity index (χ4v) is 1.97. The molecule has 1 saturated heterocycles. The molecule has 4 heteroatoms. The number of hydrogen-bond acceptors (Lipinski definition) is 3. The Kier molecular flexibility index (Phi) is 3.19. The van der Waals surface area contributed by atoms with E-state index < -0.39 is 5.82 Å². The molecule has 0 amide bonds. The van der Waals surface area contributed by atoms with Crippen molar-refractivity contribution in [1.29, 1.82) is 0 Å². The van der Waals surface area contributed by atoms with Gasteiger partial charge in [-0.15, -0.1) is 0 Å². The van der Waals surface area contributed by atoms with Crippen LogP contribution in [0, 0.1) is 5.82 Å². The predicted octanol–water partition coefficient (Wildman–Crippen LogP) is 1.86. The average molecular weight is 223 g/mol. The van der Waals surface area contributed by atoms with E-state index in [-0.39, 0.29) is 11.6 Å². The van der Waals surface area contributed by atoms with Gasteiger partial charge in [-0.1, -0.05) is 6.07 Å². The number of aldehydes is 1. The maximum Gasteiger partial charge on any atom is 0.155 e. The number of ether oxygens (including phenoxy) is 1. The molecule has 1 aromatic carbocycles. The molecule has 0 aromatic heterocycles. The second kappa shape index (κ2) is 4.61. The van der Waals surface area contributed by atoms with Crippen molar-refractivity contribution in [3.8, 4) is 0 Å². The molecule has 1 fully saturated rings. The van der Waals surface area contributed by atoms with Gasteiger partial charge in [0.2, 0.25) is 0 Å². The molecule has 0 radical (unpaired) electrons. The first-order valence-electron chi connectivity index (χ1n) is 5.28. The van der Waals surface area contributed by atoms with Crippen LogP contribution in [0.3, 0.4) is 0 Å². The Morgan fingerprint density at radius 3 is 3.00 bits per heavy atom. The zero-order chi connectivity index (χ0) is 11.5. The van der Waals surface area contributed by atoms with Gasteiger partial charge in [-0.3, -0.25) is 4.79 Å². The maximum atomic E-state index is 13.4. The van der Waals surface area contributed by atoms with E-state index in [1.54, 1.807) is 12.1 Å². The molecule has 1 heterocycles. The molecule has 1 aromatic rings. The standard InChI is InChI=1S/C12H14FNO2/c1-14(9-5-6-16-8-9)12-4-2-3-11(13)10(12)7-15/h2-4,7,9H,5-6,8H2,1H3. The lowest BCUT2D eigenvalue weighted by Crippen LogP contribution is -2.32. The van der Waals surface area contributed by atoms with Crippen LogP contribution in [0.25, 0.3) is 0 Å². The Morgan fingerprint density at radius 2 is 2.38 bits per heavy atom. The lowest BCUT2D eigenvalue weighted by Gasteiger charge is -2.26. The smallest absolute Gasteiger partial charge is 0.155 e. The first kappa shape index (κ1) is 11.1. The molecule has 3 nitrogen and oxygen atoms in total. The monoisotopic (exact) mass is 223 g/mol. The zero-order valence-electron chi connectivity index (χ0n) is 9.15. The third kappa shape index (κ3) is 1.93. The van der Waals surface area contributed by atoms with Gasteiger partial charge in [0.05, 0.1) is 23.9 Å². The van der Waals surface area contributed by atoms with Crippen LogP contribution in [-0.4, -0.2) is 32.6 Å². The summed E-state index contributed by atoms with van der Waals surface area (Å²) in [5.41, 5.74) is 0.752. The molecule has 0 spiro atoms. The topological polar surface area (TPSA) is 29.5 Å². The fraction of sp³-hybridized carbons (Fsp3) is 0.417. The lowest BCUT2D eigenvalue weighted by molar-refractivity contribution is 0.112. The van der Waals surface area contributed by atoms with Gasteiger partial charge >= 0.3 is 0 Å². The third-order valence-electron chi connectivity index (χ3n) is 2.98. The Balaban J connectivity index is 2.31. The molecule has 1 aliphatic heterocycles. The summed E-state index contributed by atoms with van der Waals surface area (Å²) in [5.74, 6) is -0.474. The van der Waals surface area contributed by atoms with Crippen molar-refractivity contribution >= 4 is 12.0 Å². The van der Waals surface area contributed by atoms with Crippen molar-refractivity contribution < 1.29 is 13.9 Å². The number of likely N-dealkylation sites (N-methyl/N-ethyl adjacent to an activating group) is 1. The van der Waals surface area contributed by atoms with E-state index in [0.717, 1.165) is 13.0 Å². The SMILES string of the molecule is CN(c1cccc(F)c1C=O)C1CCOC1. The van der Waals surface area contributed by atoms with E-state index in [4.69, 9.17) is 4.74 Å². The molecule has 16 heavy (non-hydrogen) atoms. The summed E-state index contributed by atoms with van der Waals surface area (Å²) in [4.78, 5) is 12.8. The normalized spacial score (nSPS) is 19.8. The molecule has 1 atom stereocenters. The van der Waals surface area contributed by atoms with Crippen molar-refractivity contribution in [2.24, 2.45) is 0 Å².